The normalized spacial score (nSPS) is 7.89. The number of hydrogen-bond donors (Lipinski definition) is 5. The summed E-state index contributed by atoms with van der Waals surface area (Å²) in [7, 11) is -2.64. The molecule has 0 atom stereocenters. The van der Waals surface area contributed by atoms with Crippen molar-refractivity contribution in [3.8, 4) is 0 Å². The summed E-state index contributed by atoms with van der Waals surface area (Å²) in [4.78, 5) is 21.6. The monoisotopic (exact) mass is 162 g/mol. The number of rotatable bonds is 0. The minimum atomic E-state index is -4.64. The maximum Gasteiger partial charge on any atom is 0.466 e. The highest BCUT2D eigenvalue weighted by Gasteiger charge is 2.00. The van der Waals surface area contributed by atoms with E-state index >= 15 is 0 Å². The van der Waals surface area contributed by atoms with Crippen LogP contribution in [0.3, 0.4) is 0 Å². The van der Waals surface area contributed by atoms with E-state index in [0.717, 1.165) is 14.2 Å². The van der Waals surface area contributed by atoms with Gasteiger partial charge in [-0.2, -0.15) is 0 Å². The van der Waals surface area contributed by atoms with E-state index in [9.17, 15) is 0 Å². The van der Waals surface area contributed by atoms with Crippen molar-refractivity contribution >= 4 is 7.82 Å². The molecule has 0 rings (SSSR count). The van der Waals surface area contributed by atoms with Gasteiger partial charge in [0.2, 0.25) is 0 Å². The number of aliphatic hydroxyl groups is 2. The Morgan fingerprint density at radius 2 is 0.889 bits per heavy atom. The van der Waals surface area contributed by atoms with Gasteiger partial charge in [0.1, 0.15) is 0 Å². The van der Waals surface area contributed by atoms with Crippen molar-refractivity contribution in [2.75, 3.05) is 14.2 Å². The fourth-order valence-corrected chi connectivity index (χ4v) is 0. The highest BCUT2D eigenvalue weighted by atomic mass is 31.2. The Hall–Kier alpha value is 0.0300. The Balaban J connectivity index is -0.0000000771. The predicted octanol–water partition coefficient (Wildman–Crippen LogP) is -1.71. The van der Waals surface area contributed by atoms with Crippen LogP contribution < -0.4 is 0 Å². The first-order valence-electron chi connectivity index (χ1n) is 1.68. The lowest BCUT2D eigenvalue weighted by molar-refractivity contribution is 0.275. The topological polar surface area (TPSA) is 118 Å². The summed E-state index contributed by atoms with van der Waals surface area (Å²) in [6.45, 7) is 0. The molecule has 0 amide bonds. The van der Waals surface area contributed by atoms with Crippen LogP contribution >= 0.6 is 7.82 Å². The van der Waals surface area contributed by atoms with Crippen molar-refractivity contribution in [2.24, 2.45) is 0 Å². The van der Waals surface area contributed by atoms with Crippen LogP contribution in [0.2, 0.25) is 0 Å². The minimum absolute atomic E-state index is 1.00. The van der Waals surface area contributed by atoms with Crippen LogP contribution in [0.25, 0.3) is 0 Å². The first-order chi connectivity index (χ1) is 4.00. The Kier molecular flexibility index (Phi) is 19.4. The van der Waals surface area contributed by atoms with E-state index < -0.39 is 7.82 Å². The molecule has 0 aliphatic rings. The zero-order valence-corrected chi connectivity index (χ0v) is 5.99. The number of phosphoric acid groups is 1. The van der Waals surface area contributed by atoms with Gasteiger partial charge in [0, 0.05) is 14.2 Å². The average molecular weight is 162 g/mol. The van der Waals surface area contributed by atoms with Crippen LogP contribution in [0.15, 0.2) is 0 Å². The maximum atomic E-state index is 8.88. The molecule has 0 aliphatic carbocycles. The van der Waals surface area contributed by atoms with Gasteiger partial charge in [0.05, 0.1) is 0 Å². The SMILES string of the molecule is CO.CO.O=P(O)(O)O. The summed E-state index contributed by atoms with van der Waals surface area (Å²) < 4.78 is 8.88. The van der Waals surface area contributed by atoms with Crippen LogP contribution in [-0.4, -0.2) is 39.1 Å². The van der Waals surface area contributed by atoms with Crippen LogP contribution in [0.5, 0.6) is 0 Å². The maximum absolute atomic E-state index is 8.88. The molecule has 0 fully saturated rings. The van der Waals surface area contributed by atoms with E-state index in [1.165, 1.54) is 0 Å². The molecule has 5 N–H and O–H groups in total. The third-order valence-corrected chi connectivity index (χ3v) is 0. The molecule has 7 heteroatoms. The van der Waals surface area contributed by atoms with Gasteiger partial charge >= 0.3 is 7.82 Å². The van der Waals surface area contributed by atoms with Gasteiger partial charge < -0.3 is 24.9 Å². The molecule has 0 aromatic carbocycles. The van der Waals surface area contributed by atoms with Crippen molar-refractivity contribution in [2.45, 2.75) is 0 Å². The minimum Gasteiger partial charge on any atom is -0.400 e. The first-order valence-corrected chi connectivity index (χ1v) is 3.24. The zero-order chi connectivity index (χ0) is 8.50. The summed E-state index contributed by atoms with van der Waals surface area (Å²) in [6.07, 6.45) is 0. The zero-order valence-electron chi connectivity index (χ0n) is 5.09. The van der Waals surface area contributed by atoms with Gasteiger partial charge in [0.25, 0.3) is 0 Å². The lowest BCUT2D eigenvalue weighted by atomic mass is 11.8. The lowest BCUT2D eigenvalue weighted by Gasteiger charge is -1.82. The average Bonchev–Trinajstić information content (AvgIpc) is 1.72. The Bertz CT molecular complexity index is 57.2. The van der Waals surface area contributed by atoms with E-state index in [-0.39, 0.29) is 0 Å². The molecule has 0 saturated carbocycles. The molecular weight excluding hydrogens is 151 g/mol. The van der Waals surface area contributed by atoms with Gasteiger partial charge in [-0.25, -0.2) is 4.57 Å². The van der Waals surface area contributed by atoms with Crippen molar-refractivity contribution in [1.29, 1.82) is 0 Å². The summed E-state index contributed by atoms with van der Waals surface area (Å²) in [5, 5.41) is 14.0. The highest BCUT2D eigenvalue weighted by molar-refractivity contribution is 7.45. The molecule has 60 valence electrons. The third-order valence-electron chi connectivity index (χ3n) is 0. The molecule has 6 nitrogen and oxygen atoms in total. The van der Waals surface area contributed by atoms with Gasteiger partial charge in [0.15, 0.2) is 0 Å². The van der Waals surface area contributed by atoms with E-state index in [1.54, 1.807) is 0 Å². The van der Waals surface area contributed by atoms with E-state index in [4.69, 9.17) is 29.5 Å². The highest BCUT2D eigenvalue weighted by Crippen LogP contribution is 2.25. The fraction of sp³-hybridized carbons (Fsp3) is 1.00. The fourth-order valence-electron chi connectivity index (χ4n) is 0. The second kappa shape index (κ2) is 10.9. The second-order valence-corrected chi connectivity index (χ2v) is 1.54. The molecule has 0 radical (unpaired) electrons. The van der Waals surface area contributed by atoms with Gasteiger partial charge in [-0.3, -0.25) is 0 Å². The molecule has 0 aromatic heterocycles. The smallest absolute Gasteiger partial charge is 0.400 e. The largest absolute Gasteiger partial charge is 0.466 e. The molecule has 0 aliphatic heterocycles. The number of aliphatic hydroxyl groups excluding tert-OH is 2. The molecule has 0 heterocycles. The lowest BCUT2D eigenvalue weighted by Crippen LogP contribution is -1.66. The summed E-state index contributed by atoms with van der Waals surface area (Å²) in [5.41, 5.74) is 0. The molecule has 0 spiro atoms. The first kappa shape index (κ1) is 16.0. The summed E-state index contributed by atoms with van der Waals surface area (Å²) >= 11 is 0. The third kappa shape index (κ3) is 324000. The Morgan fingerprint density at radius 1 is 0.889 bits per heavy atom. The molecule has 0 aromatic rings. The van der Waals surface area contributed by atoms with Crippen LogP contribution in [0, 0.1) is 0 Å². The van der Waals surface area contributed by atoms with E-state index in [0.29, 0.717) is 0 Å². The van der Waals surface area contributed by atoms with Crippen molar-refractivity contribution in [3.05, 3.63) is 0 Å². The predicted molar refractivity (Wildman–Crippen MR) is 30.5 cm³/mol. The molecule has 0 unspecified atom stereocenters. The Labute approximate surface area is 52.6 Å². The van der Waals surface area contributed by atoms with Gasteiger partial charge in [-0.05, 0) is 0 Å². The Morgan fingerprint density at radius 3 is 0.889 bits per heavy atom. The quantitative estimate of drug-likeness (QED) is 0.270. The van der Waals surface area contributed by atoms with E-state index in [2.05, 4.69) is 0 Å². The number of hydrogen-bond acceptors (Lipinski definition) is 3. The van der Waals surface area contributed by atoms with Crippen LogP contribution in [-0.2, 0) is 4.57 Å². The molecular formula is C2H11O6P. The van der Waals surface area contributed by atoms with Gasteiger partial charge in [-0.15, -0.1) is 0 Å². The van der Waals surface area contributed by atoms with Gasteiger partial charge in [-0.1, -0.05) is 0 Å². The molecule has 0 bridgehead atoms. The second-order valence-electron chi connectivity index (χ2n) is 0.513. The standard InChI is InChI=1S/2CH4O.H3O4P/c2*1-2;1-5(2,3)4/h2*2H,1H3;(H3,1,2,3,4). The molecule has 0 saturated heterocycles. The summed E-state index contributed by atoms with van der Waals surface area (Å²) in [6, 6.07) is 0. The van der Waals surface area contributed by atoms with Crippen LogP contribution in [0.1, 0.15) is 0 Å². The van der Waals surface area contributed by atoms with Crippen molar-refractivity contribution in [1.82, 2.24) is 0 Å². The van der Waals surface area contributed by atoms with E-state index in [1.807, 2.05) is 0 Å². The van der Waals surface area contributed by atoms with Crippen molar-refractivity contribution < 1.29 is 29.5 Å². The summed E-state index contributed by atoms with van der Waals surface area (Å²) in [5.74, 6) is 0. The van der Waals surface area contributed by atoms with Crippen LogP contribution in [0.4, 0.5) is 0 Å². The van der Waals surface area contributed by atoms with Crippen molar-refractivity contribution in [3.63, 3.8) is 0 Å². The molecule has 9 heavy (non-hydrogen) atoms.